The van der Waals surface area contributed by atoms with E-state index in [2.05, 4.69) is 21.2 Å². The number of hydrogen-bond acceptors (Lipinski definition) is 4. The van der Waals surface area contributed by atoms with E-state index in [0.717, 1.165) is 21.3 Å². The predicted molar refractivity (Wildman–Crippen MR) is 92.7 cm³/mol. The van der Waals surface area contributed by atoms with Gasteiger partial charge < -0.3 is 19.9 Å². The zero-order chi connectivity index (χ0) is 17.0. The van der Waals surface area contributed by atoms with Crippen LogP contribution < -0.4 is 14.8 Å². The maximum atomic E-state index is 11.0. The lowest BCUT2D eigenvalue weighted by atomic mass is 10.1. The summed E-state index contributed by atoms with van der Waals surface area (Å²) in [5, 5.41) is 12.3. The summed E-state index contributed by atoms with van der Waals surface area (Å²) in [7, 11) is 3.18. The van der Waals surface area contributed by atoms with E-state index in [4.69, 9.17) is 14.6 Å². The largest absolute Gasteiger partial charge is 0.493 e. The van der Waals surface area contributed by atoms with Gasteiger partial charge in [-0.2, -0.15) is 0 Å². The molecule has 2 rings (SSSR count). The van der Waals surface area contributed by atoms with Crippen LogP contribution in [-0.4, -0.2) is 25.3 Å². The predicted octanol–water partition coefficient (Wildman–Crippen LogP) is 4.09. The Morgan fingerprint density at radius 3 is 2.52 bits per heavy atom. The summed E-state index contributed by atoms with van der Waals surface area (Å²) >= 11 is 3.47. The fourth-order valence-corrected chi connectivity index (χ4v) is 2.92. The quantitative estimate of drug-likeness (QED) is 0.790. The molecule has 122 valence electrons. The topological polar surface area (TPSA) is 67.8 Å². The second-order valence-corrected chi connectivity index (χ2v) is 5.86. The highest BCUT2D eigenvalue weighted by Gasteiger charge is 2.11. The zero-order valence-corrected chi connectivity index (χ0v) is 14.7. The Morgan fingerprint density at radius 2 is 1.96 bits per heavy atom. The number of benzene rings is 2. The number of ether oxygens (including phenoxy) is 2. The lowest BCUT2D eigenvalue weighted by molar-refractivity contribution is 0.0697. The Bertz CT molecular complexity index is 731. The van der Waals surface area contributed by atoms with Crippen LogP contribution in [-0.2, 0) is 6.54 Å². The average molecular weight is 380 g/mol. The summed E-state index contributed by atoms with van der Waals surface area (Å²) in [6, 6.07) is 8.86. The van der Waals surface area contributed by atoms with Gasteiger partial charge in [-0.1, -0.05) is 0 Å². The van der Waals surface area contributed by atoms with Crippen LogP contribution in [0.5, 0.6) is 11.5 Å². The minimum atomic E-state index is -0.927. The van der Waals surface area contributed by atoms with Crippen LogP contribution in [0.3, 0.4) is 0 Å². The third kappa shape index (κ3) is 3.96. The highest BCUT2D eigenvalue weighted by Crippen LogP contribution is 2.36. The molecule has 0 spiro atoms. The standard InChI is InChI=1S/C17H18BrNO4/c1-10-6-12(17(20)21)4-5-14(10)19-9-11-7-13(18)16(23-3)15(8-11)22-2/h4-8,19H,9H2,1-3H3,(H,20,21). The molecule has 5 nitrogen and oxygen atoms in total. The normalized spacial score (nSPS) is 10.3. The van der Waals surface area contributed by atoms with Crippen LogP contribution in [0.1, 0.15) is 21.5 Å². The molecule has 0 fully saturated rings. The van der Waals surface area contributed by atoms with Gasteiger partial charge in [0.2, 0.25) is 0 Å². The molecule has 0 bridgehead atoms. The second kappa shape index (κ2) is 7.37. The molecule has 0 saturated heterocycles. The van der Waals surface area contributed by atoms with Gasteiger partial charge in [-0.05, 0) is 64.3 Å². The van der Waals surface area contributed by atoms with Gasteiger partial charge in [-0.3, -0.25) is 0 Å². The molecule has 2 aromatic rings. The fourth-order valence-electron chi connectivity index (χ4n) is 2.27. The summed E-state index contributed by atoms with van der Waals surface area (Å²) in [6.07, 6.45) is 0. The van der Waals surface area contributed by atoms with Gasteiger partial charge in [-0.25, -0.2) is 4.79 Å². The first-order valence-corrected chi connectivity index (χ1v) is 7.73. The van der Waals surface area contributed by atoms with Crippen molar-refractivity contribution in [2.75, 3.05) is 19.5 Å². The van der Waals surface area contributed by atoms with Crippen LogP contribution in [0.2, 0.25) is 0 Å². The van der Waals surface area contributed by atoms with Crippen molar-refractivity contribution in [3.8, 4) is 11.5 Å². The van der Waals surface area contributed by atoms with Gasteiger partial charge in [0.15, 0.2) is 11.5 Å². The lowest BCUT2D eigenvalue weighted by Crippen LogP contribution is -2.04. The number of anilines is 1. The molecule has 0 heterocycles. The number of halogens is 1. The SMILES string of the molecule is COc1cc(CNc2ccc(C(=O)O)cc2C)cc(Br)c1OC. The number of aryl methyl sites for hydroxylation is 1. The third-order valence-corrected chi connectivity index (χ3v) is 4.04. The molecule has 0 unspecified atom stereocenters. The molecule has 6 heteroatoms. The van der Waals surface area contributed by atoms with Crippen LogP contribution in [0.15, 0.2) is 34.8 Å². The van der Waals surface area contributed by atoms with E-state index in [0.29, 0.717) is 18.0 Å². The smallest absolute Gasteiger partial charge is 0.335 e. The molecule has 23 heavy (non-hydrogen) atoms. The van der Waals surface area contributed by atoms with Crippen molar-refractivity contribution in [3.63, 3.8) is 0 Å². The maximum Gasteiger partial charge on any atom is 0.335 e. The van der Waals surface area contributed by atoms with Gasteiger partial charge in [0.1, 0.15) is 0 Å². The summed E-state index contributed by atoms with van der Waals surface area (Å²) in [5.74, 6) is 0.373. The van der Waals surface area contributed by atoms with E-state index in [1.807, 2.05) is 19.1 Å². The highest BCUT2D eigenvalue weighted by atomic mass is 79.9. The minimum Gasteiger partial charge on any atom is -0.493 e. The van der Waals surface area contributed by atoms with Crippen molar-refractivity contribution in [2.24, 2.45) is 0 Å². The number of carbonyl (C=O) groups is 1. The highest BCUT2D eigenvalue weighted by molar-refractivity contribution is 9.10. The number of nitrogens with one attached hydrogen (secondary N) is 1. The third-order valence-electron chi connectivity index (χ3n) is 3.45. The lowest BCUT2D eigenvalue weighted by Gasteiger charge is -2.14. The number of aromatic carboxylic acids is 1. The fraction of sp³-hybridized carbons (Fsp3) is 0.235. The Labute approximate surface area is 143 Å². The summed E-state index contributed by atoms with van der Waals surface area (Å²) in [6.45, 7) is 2.45. The Hall–Kier alpha value is -2.21. The molecule has 0 saturated carbocycles. The molecule has 0 atom stereocenters. The van der Waals surface area contributed by atoms with E-state index in [9.17, 15) is 4.79 Å². The first kappa shape index (κ1) is 17.1. The van der Waals surface area contributed by atoms with Crippen LogP contribution >= 0.6 is 15.9 Å². The molecule has 0 aromatic heterocycles. The van der Waals surface area contributed by atoms with E-state index in [-0.39, 0.29) is 5.56 Å². The first-order chi connectivity index (χ1) is 11.0. The van der Waals surface area contributed by atoms with E-state index in [1.54, 1.807) is 32.4 Å². The average Bonchev–Trinajstić information content (AvgIpc) is 2.52. The van der Waals surface area contributed by atoms with Crippen molar-refractivity contribution < 1.29 is 19.4 Å². The van der Waals surface area contributed by atoms with Gasteiger partial charge in [0, 0.05) is 12.2 Å². The van der Waals surface area contributed by atoms with E-state index < -0.39 is 5.97 Å². The van der Waals surface area contributed by atoms with Crippen LogP contribution in [0.25, 0.3) is 0 Å². The number of carboxylic acid groups (broad SMARTS) is 1. The maximum absolute atomic E-state index is 11.0. The van der Waals surface area contributed by atoms with Gasteiger partial charge >= 0.3 is 5.97 Å². The molecule has 0 aliphatic carbocycles. The zero-order valence-electron chi connectivity index (χ0n) is 13.1. The number of hydrogen-bond donors (Lipinski definition) is 2. The van der Waals surface area contributed by atoms with Crippen LogP contribution in [0, 0.1) is 6.92 Å². The van der Waals surface area contributed by atoms with E-state index in [1.165, 1.54) is 0 Å². The first-order valence-electron chi connectivity index (χ1n) is 6.94. The number of methoxy groups -OCH3 is 2. The Morgan fingerprint density at radius 1 is 1.22 bits per heavy atom. The molecule has 2 N–H and O–H groups in total. The Kier molecular flexibility index (Phi) is 5.50. The molecule has 0 aliphatic heterocycles. The van der Waals surface area contributed by atoms with Crippen LogP contribution in [0.4, 0.5) is 5.69 Å². The molecule has 0 aliphatic rings. The van der Waals surface area contributed by atoms with Gasteiger partial charge in [-0.15, -0.1) is 0 Å². The monoisotopic (exact) mass is 379 g/mol. The second-order valence-electron chi connectivity index (χ2n) is 5.00. The molecular weight excluding hydrogens is 362 g/mol. The number of carboxylic acids is 1. The molecule has 0 amide bonds. The molecular formula is C17H18BrNO4. The van der Waals surface area contributed by atoms with Crippen molar-refractivity contribution in [1.29, 1.82) is 0 Å². The van der Waals surface area contributed by atoms with Crippen molar-refractivity contribution in [1.82, 2.24) is 0 Å². The van der Waals surface area contributed by atoms with E-state index >= 15 is 0 Å². The summed E-state index contributed by atoms with van der Waals surface area (Å²) in [4.78, 5) is 11.0. The van der Waals surface area contributed by atoms with Crippen molar-refractivity contribution in [3.05, 3.63) is 51.5 Å². The summed E-state index contributed by atoms with van der Waals surface area (Å²) in [5.41, 5.74) is 3.06. The van der Waals surface area contributed by atoms with Crippen molar-refractivity contribution in [2.45, 2.75) is 13.5 Å². The molecule has 0 radical (unpaired) electrons. The minimum absolute atomic E-state index is 0.280. The van der Waals surface area contributed by atoms with Crippen molar-refractivity contribution >= 4 is 27.6 Å². The Balaban J connectivity index is 2.18. The molecule has 2 aromatic carbocycles. The summed E-state index contributed by atoms with van der Waals surface area (Å²) < 4.78 is 11.4. The number of rotatable bonds is 6. The van der Waals surface area contributed by atoms with Gasteiger partial charge in [0.25, 0.3) is 0 Å². The van der Waals surface area contributed by atoms with Gasteiger partial charge in [0.05, 0.1) is 24.3 Å².